The van der Waals surface area contributed by atoms with Gasteiger partial charge in [0.05, 0.1) is 9.82 Å². The van der Waals surface area contributed by atoms with Crippen molar-refractivity contribution in [2.45, 2.75) is 24.2 Å². The second-order valence-corrected chi connectivity index (χ2v) is 6.97. The first-order chi connectivity index (χ1) is 11.4. The fourth-order valence-corrected chi connectivity index (χ4v) is 3.31. The highest BCUT2D eigenvalue weighted by molar-refractivity contribution is 7.89. The Hall–Kier alpha value is -2.32. The third-order valence-corrected chi connectivity index (χ3v) is 4.92. The quantitative estimate of drug-likeness (QED) is 0.449. The van der Waals surface area contributed by atoms with Crippen molar-refractivity contribution in [1.29, 1.82) is 0 Å². The highest BCUT2D eigenvalue weighted by Gasteiger charge is 2.16. The van der Waals surface area contributed by atoms with E-state index in [0.29, 0.717) is 24.8 Å². The van der Waals surface area contributed by atoms with Gasteiger partial charge in [-0.1, -0.05) is 24.3 Å². The van der Waals surface area contributed by atoms with Crippen LogP contribution >= 0.6 is 0 Å². The Morgan fingerprint density at radius 2 is 1.83 bits per heavy atom. The van der Waals surface area contributed by atoms with Gasteiger partial charge in [-0.15, -0.1) is 0 Å². The summed E-state index contributed by atoms with van der Waals surface area (Å²) in [5.74, 6) is -0.269. The molecule has 0 fully saturated rings. The summed E-state index contributed by atoms with van der Waals surface area (Å²) >= 11 is 0. The topological polar surface area (TPSA) is 89.3 Å². The number of hydrogen-bond acceptors (Lipinski definition) is 4. The molecule has 8 heteroatoms. The molecule has 6 nitrogen and oxygen atoms in total. The maximum absolute atomic E-state index is 13.4. The highest BCUT2D eigenvalue weighted by atomic mass is 32.2. The number of sulfonamides is 1. The molecule has 1 N–H and O–H groups in total. The first-order valence-corrected chi connectivity index (χ1v) is 8.86. The van der Waals surface area contributed by atoms with E-state index in [1.165, 1.54) is 24.3 Å². The smallest absolute Gasteiger partial charge is 0.258 e. The van der Waals surface area contributed by atoms with Crippen LogP contribution in [0.25, 0.3) is 0 Å². The Bertz CT molecular complexity index is 824. The Kier molecular flexibility index (Phi) is 5.99. The maximum atomic E-state index is 13.4. The lowest BCUT2D eigenvalue weighted by atomic mass is 10.1. The van der Waals surface area contributed by atoms with E-state index in [1.807, 2.05) is 0 Å². The molecule has 0 radical (unpaired) electrons. The maximum Gasteiger partial charge on any atom is 0.270 e. The number of halogens is 1. The van der Waals surface area contributed by atoms with Crippen LogP contribution in [0.2, 0.25) is 0 Å². The van der Waals surface area contributed by atoms with Crippen LogP contribution in [0.4, 0.5) is 10.1 Å². The monoisotopic (exact) mass is 352 g/mol. The van der Waals surface area contributed by atoms with Crippen molar-refractivity contribution in [1.82, 2.24) is 4.72 Å². The SMILES string of the molecule is O=[N+]([O-])c1cccc(S(=O)(=O)NCCCCc2ccccc2F)c1. The van der Waals surface area contributed by atoms with E-state index >= 15 is 0 Å². The lowest BCUT2D eigenvalue weighted by Gasteiger charge is -2.07. The Morgan fingerprint density at radius 1 is 1.08 bits per heavy atom. The van der Waals surface area contributed by atoms with Gasteiger partial charge >= 0.3 is 0 Å². The van der Waals surface area contributed by atoms with Crippen molar-refractivity contribution in [2.24, 2.45) is 0 Å². The van der Waals surface area contributed by atoms with E-state index in [-0.39, 0.29) is 22.9 Å². The third-order valence-electron chi connectivity index (χ3n) is 3.46. The molecule has 2 aromatic rings. The second kappa shape index (κ2) is 7.98. The minimum atomic E-state index is -3.80. The van der Waals surface area contributed by atoms with Gasteiger partial charge in [-0.2, -0.15) is 0 Å². The van der Waals surface area contributed by atoms with Gasteiger partial charge in [0.1, 0.15) is 5.82 Å². The summed E-state index contributed by atoms with van der Waals surface area (Å²) in [4.78, 5) is 9.91. The van der Waals surface area contributed by atoms with E-state index in [4.69, 9.17) is 0 Å². The minimum absolute atomic E-state index is 0.147. The number of aryl methyl sites for hydroxylation is 1. The molecule has 0 amide bonds. The molecule has 0 heterocycles. The molecule has 0 aliphatic heterocycles. The van der Waals surface area contributed by atoms with E-state index < -0.39 is 14.9 Å². The molecular weight excluding hydrogens is 335 g/mol. The molecule has 0 atom stereocenters. The number of non-ortho nitro benzene ring substituents is 1. The van der Waals surface area contributed by atoms with Crippen LogP contribution in [0.1, 0.15) is 18.4 Å². The highest BCUT2D eigenvalue weighted by Crippen LogP contribution is 2.17. The van der Waals surface area contributed by atoms with Crippen molar-refractivity contribution in [3.8, 4) is 0 Å². The van der Waals surface area contributed by atoms with E-state index in [1.54, 1.807) is 18.2 Å². The fourth-order valence-electron chi connectivity index (χ4n) is 2.20. The molecule has 2 rings (SSSR count). The van der Waals surface area contributed by atoms with Crippen LogP contribution in [0.5, 0.6) is 0 Å². The lowest BCUT2D eigenvalue weighted by Crippen LogP contribution is -2.24. The van der Waals surface area contributed by atoms with Crippen LogP contribution in [-0.2, 0) is 16.4 Å². The molecule has 0 aromatic heterocycles. The van der Waals surface area contributed by atoms with Crippen LogP contribution in [0, 0.1) is 15.9 Å². The van der Waals surface area contributed by atoms with Gasteiger partial charge in [-0.25, -0.2) is 17.5 Å². The van der Waals surface area contributed by atoms with Crippen LogP contribution in [0.15, 0.2) is 53.4 Å². The predicted molar refractivity (Wildman–Crippen MR) is 87.6 cm³/mol. The van der Waals surface area contributed by atoms with E-state index in [9.17, 15) is 22.9 Å². The number of nitrogens with one attached hydrogen (secondary N) is 1. The summed E-state index contributed by atoms with van der Waals surface area (Å²) in [6, 6.07) is 11.3. The largest absolute Gasteiger partial charge is 0.270 e. The van der Waals surface area contributed by atoms with Gasteiger partial charge in [0, 0.05) is 18.7 Å². The average molecular weight is 352 g/mol. The summed E-state index contributed by atoms with van der Waals surface area (Å²) in [6.07, 6.45) is 1.67. The summed E-state index contributed by atoms with van der Waals surface area (Å²) in [5.41, 5.74) is 0.316. The molecule has 0 saturated carbocycles. The van der Waals surface area contributed by atoms with Crippen molar-refractivity contribution in [2.75, 3.05) is 6.54 Å². The van der Waals surface area contributed by atoms with Gasteiger partial charge in [-0.05, 0) is 37.0 Å². The second-order valence-electron chi connectivity index (χ2n) is 5.20. The Morgan fingerprint density at radius 3 is 2.54 bits per heavy atom. The molecule has 0 unspecified atom stereocenters. The molecule has 128 valence electrons. The standard InChI is InChI=1S/C16H17FN2O4S/c17-16-10-2-1-6-13(16)7-3-4-11-18-24(22,23)15-9-5-8-14(12-15)19(20)21/h1-2,5-6,8-10,12,18H,3-4,7,11H2. The number of benzene rings is 2. The zero-order valence-corrected chi connectivity index (χ0v) is 13.6. The first-order valence-electron chi connectivity index (χ1n) is 7.38. The Labute approximate surface area is 139 Å². The summed E-state index contributed by atoms with van der Waals surface area (Å²) in [5, 5.41) is 10.7. The van der Waals surface area contributed by atoms with Gasteiger partial charge in [0.2, 0.25) is 10.0 Å². The molecule has 0 aliphatic carbocycles. The number of nitro benzene ring substituents is 1. The van der Waals surface area contributed by atoms with Gasteiger partial charge in [-0.3, -0.25) is 10.1 Å². The van der Waals surface area contributed by atoms with Crippen molar-refractivity contribution in [3.63, 3.8) is 0 Å². The third kappa shape index (κ3) is 4.84. The minimum Gasteiger partial charge on any atom is -0.258 e. The summed E-state index contributed by atoms with van der Waals surface area (Å²) in [6.45, 7) is 0.180. The molecule has 0 bridgehead atoms. The number of rotatable bonds is 8. The van der Waals surface area contributed by atoms with Gasteiger partial charge in [0.15, 0.2) is 0 Å². The normalized spacial score (nSPS) is 11.4. The van der Waals surface area contributed by atoms with E-state index in [2.05, 4.69) is 4.72 Å². The molecule has 0 saturated heterocycles. The van der Waals surface area contributed by atoms with Gasteiger partial charge in [0.25, 0.3) is 5.69 Å². The zero-order chi connectivity index (χ0) is 17.6. The molecule has 0 aliphatic rings. The van der Waals surface area contributed by atoms with Crippen molar-refractivity contribution < 1.29 is 17.7 Å². The van der Waals surface area contributed by atoms with Gasteiger partial charge < -0.3 is 0 Å². The Balaban J connectivity index is 1.86. The fraction of sp³-hybridized carbons (Fsp3) is 0.250. The number of nitro groups is 1. The van der Waals surface area contributed by atoms with Crippen LogP contribution in [0.3, 0.4) is 0 Å². The van der Waals surface area contributed by atoms with E-state index in [0.717, 1.165) is 6.07 Å². The summed E-state index contributed by atoms with van der Waals surface area (Å²) in [7, 11) is -3.80. The van der Waals surface area contributed by atoms with Crippen LogP contribution in [-0.4, -0.2) is 19.9 Å². The molecular formula is C16H17FN2O4S. The average Bonchev–Trinajstić information content (AvgIpc) is 2.56. The van der Waals surface area contributed by atoms with Crippen molar-refractivity contribution in [3.05, 3.63) is 70.0 Å². The predicted octanol–water partition coefficient (Wildman–Crippen LogP) is 3.04. The molecule has 24 heavy (non-hydrogen) atoms. The van der Waals surface area contributed by atoms with Crippen LogP contribution < -0.4 is 4.72 Å². The zero-order valence-electron chi connectivity index (χ0n) is 12.8. The number of nitrogens with zero attached hydrogens (tertiary/aromatic N) is 1. The molecule has 2 aromatic carbocycles. The lowest BCUT2D eigenvalue weighted by molar-refractivity contribution is -0.385. The summed E-state index contributed by atoms with van der Waals surface area (Å²) < 4.78 is 40.0. The number of unbranched alkanes of at least 4 members (excludes halogenated alkanes) is 1. The molecule has 0 spiro atoms. The van der Waals surface area contributed by atoms with Crippen molar-refractivity contribution >= 4 is 15.7 Å². The number of hydrogen-bond donors (Lipinski definition) is 1. The first kappa shape index (κ1) is 18.0.